The smallest absolute Gasteiger partial charge is 0.269 e. The summed E-state index contributed by atoms with van der Waals surface area (Å²) in [6, 6.07) is 10.0. The van der Waals surface area contributed by atoms with Crippen LogP contribution in [0.3, 0.4) is 0 Å². The Morgan fingerprint density at radius 2 is 1.76 bits per heavy atom. The maximum absolute atomic E-state index is 11.8. The van der Waals surface area contributed by atoms with E-state index in [9.17, 15) is 9.59 Å². The third-order valence-electron chi connectivity index (χ3n) is 2.91. The molecule has 1 heterocycles. The van der Waals surface area contributed by atoms with Crippen LogP contribution in [0.2, 0.25) is 0 Å². The number of aromatic nitrogens is 1. The first-order chi connectivity index (χ1) is 12.1. The highest BCUT2D eigenvalue weighted by molar-refractivity contribution is 7.80. The van der Waals surface area contributed by atoms with Gasteiger partial charge in [0.05, 0.1) is 7.11 Å². The minimum absolute atomic E-state index is 0.0592. The molecule has 0 aliphatic heterocycles. The standard InChI is InChI=1S/C16H16N4O4S/c1-23-12-4-2-3-5-13(12)24-10-14(21)18-16(25)20-19-15(22)11-6-8-17-9-7-11/h2-9H,10H2,1H3,(H,19,22)(H2,18,20,21,25). The molecule has 0 aliphatic carbocycles. The van der Waals surface area contributed by atoms with Crippen molar-refractivity contribution in [3.8, 4) is 11.5 Å². The summed E-state index contributed by atoms with van der Waals surface area (Å²) in [5.41, 5.74) is 5.19. The Bertz CT molecular complexity index is 755. The molecule has 3 N–H and O–H groups in total. The summed E-state index contributed by atoms with van der Waals surface area (Å²) in [5.74, 6) is 0.0523. The zero-order valence-electron chi connectivity index (χ0n) is 13.3. The molecule has 25 heavy (non-hydrogen) atoms. The number of para-hydroxylation sites is 2. The molecule has 0 radical (unpaired) electrons. The van der Waals surface area contributed by atoms with E-state index in [4.69, 9.17) is 21.7 Å². The van der Waals surface area contributed by atoms with E-state index >= 15 is 0 Å². The number of thiocarbonyl (C=S) groups is 1. The maximum Gasteiger partial charge on any atom is 0.269 e. The SMILES string of the molecule is COc1ccccc1OCC(=O)NC(=S)NNC(=O)c1ccncc1. The lowest BCUT2D eigenvalue weighted by Gasteiger charge is -2.12. The van der Waals surface area contributed by atoms with Crippen LogP contribution in [-0.2, 0) is 4.79 Å². The molecule has 2 aromatic rings. The molecule has 9 heteroatoms. The van der Waals surface area contributed by atoms with Gasteiger partial charge in [-0.15, -0.1) is 0 Å². The number of hydrogen-bond acceptors (Lipinski definition) is 6. The van der Waals surface area contributed by atoms with Gasteiger partial charge in [-0.05, 0) is 36.5 Å². The van der Waals surface area contributed by atoms with E-state index in [1.165, 1.54) is 19.5 Å². The van der Waals surface area contributed by atoms with Crippen LogP contribution in [0.4, 0.5) is 0 Å². The van der Waals surface area contributed by atoms with Gasteiger partial charge in [0.1, 0.15) is 0 Å². The van der Waals surface area contributed by atoms with Crippen molar-refractivity contribution in [2.45, 2.75) is 0 Å². The van der Waals surface area contributed by atoms with Gasteiger partial charge in [0.15, 0.2) is 23.2 Å². The monoisotopic (exact) mass is 360 g/mol. The molecular weight excluding hydrogens is 344 g/mol. The van der Waals surface area contributed by atoms with E-state index in [-0.39, 0.29) is 11.7 Å². The largest absolute Gasteiger partial charge is 0.493 e. The molecule has 130 valence electrons. The van der Waals surface area contributed by atoms with Gasteiger partial charge in [-0.1, -0.05) is 12.1 Å². The van der Waals surface area contributed by atoms with Gasteiger partial charge in [0, 0.05) is 18.0 Å². The number of hydrazine groups is 1. The van der Waals surface area contributed by atoms with Gasteiger partial charge in [0.2, 0.25) is 0 Å². The number of methoxy groups -OCH3 is 1. The van der Waals surface area contributed by atoms with Crippen LogP contribution < -0.4 is 25.6 Å². The number of rotatable bonds is 5. The summed E-state index contributed by atoms with van der Waals surface area (Å²) in [4.78, 5) is 27.4. The van der Waals surface area contributed by atoms with Gasteiger partial charge in [-0.25, -0.2) is 0 Å². The van der Waals surface area contributed by atoms with Crippen molar-refractivity contribution < 1.29 is 19.1 Å². The van der Waals surface area contributed by atoms with Crippen LogP contribution in [-0.4, -0.2) is 35.6 Å². The zero-order chi connectivity index (χ0) is 18.1. The maximum atomic E-state index is 11.8. The van der Waals surface area contributed by atoms with Gasteiger partial charge in [-0.2, -0.15) is 0 Å². The number of pyridine rings is 1. The normalized spacial score (nSPS) is 9.64. The fraction of sp³-hybridized carbons (Fsp3) is 0.125. The van der Waals surface area contributed by atoms with E-state index in [2.05, 4.69) is 21.2 Å². The highest BCUT2D eigenvalue weighted by atomic mass is 32.1. The zero-order valence-corrected chi connectivity index (χ0v) is 14.1. The number of benzene rings is 1. The number of nitrogens with one attached hydrogen (secondary N) is 3. The second kappa shape index (κ2) is 9.18. The fourth-order valence-corrected chi connectivity index (χ4v) is 1.93. The Morgan fingerprint density at radius 1 is 1.08 bits per heavy atom. The van der Waals surface area contributed by atoms with Crippen molar-refractivity contribution in [2.75, 3.05) is 13.7 Å². The number of amides is 2. The molecule has 0 bridgehead atoms. The van der Waals surface area contributed by atoms with Crippen LogP contribution in [0.5, 0.6) is 11.5 Å². The van der Waals surface area contributed by atoms with Crippen LogP contribution >= 0.6 is 12.2 Å². The molecule has 0 fully saturated rings. The minimum atomic E-state index is -0.485. The van der Waals surface area contributed by atoms with E-state index in [0.29, 0.717) is 17.1 Å². The van der Waals surface area contributed by atoms with E-state index in [1.807, 2.05) is 0 Å². The summed E-state index contributed by atoms with van der Waals surface area (Å²) >= 11 is 4.93. The highest BCUT2D eigenvalue weighted by Gasteiger charge is 2.09. The summed E-state index contributed by atoms with van der Waals surface area (Å²) in [7, 11) is 1.51. The first kappa shape index (κ1) is 18.1. The Kier molecular flexibility index (Phi) is 6.66. The molecule has 1 aromatic heterocycles. The average Bonchev–Trinajstić information content (AvgIpc) is 2.65. The quantitative estimate of drug-likeness (QED) is 0.536. The predicted molar refractivity (Wildman–Crippen MR) is 94.1 cm³/mol. The van der Waals surface area contributed by atoms with Crippen molar-refractivity contribution in [3.05, 3.63) is 54.4 Å². The van der Waals surface area contributed by atoms with Crippen LogP contribution in [0.25, 0.3) is 0 Å². The van der Waals surface area contributed by atoms with Crippen molar-refractivity contribution in [1.82, 2.24) is 21.2 Å². The van der Waals surface area contributed by atoms with Gasteiger partial charge < -0.3 is 9.47 Å². The van der Waals surface area contributed by atoms with Gasteiger partial charge in [-0.3, -0.25) is 30.7 Å². The molecule has 0 saturated heterocycles. The number of carbonyl (C=O) groups is 2. The topological polar surface area (TPSA) is 102 Å². The van der Waals surface area contributed by atoms with Crippen LogP contribution in [0.1, 0.15) is 10.4 Å². The third-order valence-corrected chi connectivity index (χ3v) is 3.12. The van der Waals surface area contributed by atoms with E-state index < -0.39 is 11.8 Å². The lowest BCUT2D eigenvalue weighted by Crippen LogP contribution is -2.49. The number of carbonyl (C=O) groups excluding carboxylic acids is 2. The second-order valence-electron chi connectivity index (χ2n) is 4.63. The Morgan fingerprint density at radius 3 is 2.44 bits per heavy atom. The van der Waals surface area contributed by atoms with E-state index in [0.717, 1.165) is 0 Å². The van der Waals surface area contributed by atoms with Gasteiger partial charge in [0.25, 0.3) is 11.8 Å². The number of hydrogen-bond donors (Lipinski definition) is 3. The molecule has 8 nitrogen and oxygen atoms in total. The molecule has 0 spiro atoms. The highest BCUT2D eigenvalue weighted by Crippen LogP contribution is 2.25. The van der Waals surface area contributed by atoms with Crippen molar-refractivity contribution in [2.24, 2.45) is 0 Å². The molecule has 0 atom stereocenters. The molecule has 0 saturated carbocycles. The first-order valence-electron chi connectivity index (χ1n) is 7.16. The molecule has 2 amide bonds. The second-order valence-corrected chi connectivity index (χ2v) is 5.04. The van der Waals surface area contributed by atoms with Crippen molar-refractivity contribution >= 4 is 29.1 Å². The van der Waals surface area contributed by atoms with Crippen LogP contribution in [0, 0.1) is 0 Å². The molecule has 0 aliphatic rings. The first-order valence-corrected chi connectivity index (χ1v) is 7.57. The van der Waals surface area contributed by atoms with Crippen molar-refractivity contribution in [1.29, 1.82) is 0 Å². The average molecular weight is 360 g/mol. The minimum Gasteiger partial charge on any atom is -0.493 e. The Hall–Kier alpha value is -3.20. The fourth-order valence-electron chi connectivity index (χ4n) is 1.76. The van der Waals surface area contributed by atoms with Crippen molar-refractivity contribution in [3.63, 3.8) is 0 Å². The van der Waals surface area contributed by atoms with Crippen LogP contribution in [0.15, 0.2) is 48.8 Å². The lowest BCUT2D eigenvalue weighted by atomic mass is 10.3. The molecule has 0 unspecified atom stereocenters. The lowest BCUT2D eigenvalue weighted by molar-refractivity contribution is -0.121. The Balaban J connectivity index is 1.75. The molecule has 2 rings (SSSR count). The summed E-state index contributed by atoms with van der Waals surface area (Å²) < 4.78 is 10.5. The number of ether oxygens (including phenoxy) is 2. The molecular formula is C16H16N4O4S. The van der Waals surface area contributed by atoms with Gasteiger partial charge >= 0.3 is 0 Å². The molecule has 1 aromatic carbocycles. The number of nitrogens with zero attached hydrogens (tertiary/aromatic N) is 1. The summed E-state index contributed by atoms with van der Waals surface area (Å²) in [5, 5.41) is 2.32. The Labute approximate surface area is 149 Å². The summed E-state index contributed by atoms with van der Waals surface area (Å²) in [6.45, 7) is -0.263. The summed E-state index contributed by atoms with van der Waals surface area (Å²) in [6.07, 6.45) is 2.98. The van der Waals surface area contributed by atoms with E-state index in [1.54, 1.807) is 36.4 Å². The predicted octanol–water partition coefficient (Wildman–Crippen LogP) is 0.805. The third kappa shape index (κ3) is 5.74.